The molecule has 0 spiro atoms. The van der Waals surface area contributed by atoms with Crippen molar-refractivity contribution in [2.75, 3.05) is 0 Å². The topological polar surface area (TPSA) is 0 Å². The molecule has 0 bridgehead atoms. The van der Waals surface area contributed by atoms with E-state index in [1.807, 2.05) is 0 Å². The van der Waals surface area contributed by atoms with Crippen LogP contribution in [0.15, 0.2) is 15.2 Å². The Labute approximate surface area is 80.1 Å². The SMILES string of the molecule is CC1=[C-][SbH][CH]=C1C.[Zr]. The smallest absolute Gasteiger partial charge is 0 e. The first kappa shape index (κ1) is 9.18. The summed E-state index contributed by atoms with van der Waals surface area (Å²) in [5.74, 6) is 0. The molecule has 0 nitrogen and oxygen atoms in total. The van der Waals surface area contributed by atoms with E-state index in [-0.39, 0.29) is 47.8 Å². The molecule has 42 valence electrons. The summed E-state index contributed by atoms with van der Waals surface area (Å²) in [5, 5.41) is 0. The Hall–Kier alpha value is 1.18. The van der Waals surface area contributed by atoms with Crippen molar-refractivity contribution in [1.82, 2.24) is 0 Å². The molecule has 0 atom stereocenters. The normalized spacial score (nSPS) is 16.8. The van der Waals surface area contributed by atoms with E-state index in [4.69, 9.17) is 0 Å². The number of allylic oxidation sites excluding steroid dienone is 2. The van der Waals surface area contributed by atoms with Crippen LogP contribution in [-0.4, -0.2) is 21.6 Å². The molecule has 1 aliphatic rings. The third-order valence-electron chi connectivity index (χ3n) is 1.14. The van der Waals surface area contributed by atoms with Crippen LogP contribution in [0.4, 0.5) is 0 Å². The van der Waals surface area contributed by atoms with Crippen LogP contribution in [0, 0.1) is 4.02 Å². The van der Waals surface area contributed by atoms with E-state index < -0.39 is 0 Å². The Morgan fingerprint density at radius 2 is 2.12 bits per heavy atom. The molecule has 0 N–H and O–H groups in total. The fraction of sp³-hybridized carbons (Fsp3) is 0.333. The van der Waals surface area contributed by atoms with E-state index in [1.165, 1.54) is 11.1 Å². The van der Waals surface area contributed by atoms with Gasteiger partial charge in [-0.05, 0) is 0 Å². The molecule has 0 unspecified atom stereocenters. The van der Waals surface area contributed by atoms with Crippen LogP contribution in [0.1, 0.15) is 13.8 Å². The van der Waals surface area contributed by atoms with Gasteiger partial charge in [0.1, 0.15) is 0 Å². The van der Waals surface area contributed by atoms with Crippen molar-refractivity contribution < 1.29 is 26.2 Å². The van der Waals surface area contributed by atoms with Crippen LogP contribution in [0.5, 0.6) is 0 Å². The fourth-order valence-electron chi connectivity index (χ4n) is 0.459. The Morgan fingerprint density at radius 3 is 2.25 bits per heavy atom. The standard InChI is InChI=1S/C6H7.Sb.Zr.H/c1-5(2)6(3)4;;;/h1H,2-3H3;;;/q-1;;;. The van der Waals surface area contributed by atoms with Gasteiger partial charge in [-0.1, -0.05) is 0 Å². The minimum absolute atomic E-state index is 0. The Balaban J connectivity index is 0.000000490. The third-order valence-corrected chi connectivity index (χ3v) is 4.27. The average molecular weight is 293 g/mol. The molecule has 2 heteroatoms. The molecular weight excluding hydrogens is 285 g/mol. The van der Waals surface area contributed by atoms with Crippen molar-refractivity contribution in [2.45, 2.75) is 13.8 Å². The van der Waals surface area contributed by atoms with E-state index in [0.29, 0.717) is 0 Å². The molecule has 0 amide bonds. The predicted octanol–water partition coefficient (Wildman–Crippen LogP) is 1.04. The van der Waals surface area contributed by atoms with Gasteiger partial charge in [0.25, 0.3) is 0 Å². The van der Waals surface area contributed by atoms with Gasteiger partial charge in [-0.2, -0.15) is 0 Å². The summed E-state index contributed by atoms with van der Waals surface area (Å²) >= 11 is -0.231. The third kappa shape index (κ3) is 2.19. The van der Waals surface area contributed by atoms with Crippen LogP contribution in [0.2, 0.25) is 0 Å². The Kier molecular flexibility index (Phi) is 4.67. The first-order valence-corrected chi connectivity index (χ1v) is 5.40. The predicted molar refractivity (Wildman–Crippen MR) is 33.3 cm³/mol. The van der Waals surface area contributed by atoms with Crippen molar-refractivity contribution in [3.63, 3.8) is 0 Å². The molecule has 0 aromatic heterocycles. The number of rotatable bonds is 0. The van der Waals surface area contributed by atoms with E-state index >= 15 is 0 Å². The maximum Gasteiger partial charge on any atom is 0 e. The monoisotopic (exact) mass is 291 g/mol. The second kappa shape index (κ2) is 4.07. The molecule has 0 radical (unpaired) electrons. The summed E-state index contributed by atoms with van der Waals surface area (Å²) < 4.78 is 5.72. The Morgan fingerprint density at radius 1 is 1.50 bits per heavy atom. The zero-order chi connectivity index (χ0) is 5.28. The van der Waals surface area contributed by atoms with Crippen LogP contribution >= 0.6 is 0 Å². The fourth-order valence-corrected chi connectivity index (χ4v) is 3.08. The summed E-state index contributed by atoms with van der Waals surface area (Å²) in [6.45, 7) is 4.30. The molecule has 0 saturated heterocycles. The number of hydrogen-bond acceptors (Lipinski definition) is 0. The minimum atomic E-state index is -0.231. The van der Waals surface area contributed by atoms with Crippen molar-refractivity contribution in [2.24, 2.45) is 0 Å². The maximum absolute atomic E-state index is 3.36. The summed E-state index contributed by atoms with van der Waals surface area (Å²) in [6.07, 6.45) is 0. The minimum Gasteiger partial charge on any atom is 0 e. The van der Waals surface area contributed by atoms with Gasteiger partial charge < -0.3 is 0 Å². The van der Waals surface area contributed by atoms with Crippen molar-refractivity contribution in [3.8, 4) is 0 Å². The largest absolute Gasteiger partial charge is 0 e. The first-order valence-electron chi connectivity index (χ1n) is 2.33. The summed E-state index contributed by atoms with van der Waals surface area (Å²) in [7, 11) is 0. The molecule has 0 saturated carbocycles. The van der Waals surface area contributed by atoms with E-state index in [2.05, 4.69) is 21.9 Å². The summed E-state index contributed by atoms with van der Waals surface area (Å²) in [5.41, 5.74) is 2.86. The van der Waals surface area contributed by atoms with Gasteiger partial charge in [-0.3, -0.25) is 0 Å². The molecule has 1 aliphatic heterocycles. The Bertz CT molecular complexity index is 119. The molecule has 1 heterocycles. The van der Waals surface area contributed by atoms with Gasteiger partial charge in [0.05, 0.1) is 0 Å². The van der Waals surface area contributed by atoms with Crippen LogP contribution in [0.3, 0.4) is 0 Å². The molecule has 0 aliphatic carbocycles. The molecule has 0 aromatic rings. The zero-order valence-corrected chi connectivity index (χ0v) is 10.4. The van der Waals surface area contributed by atoms with Gasteiger partial charge in [-0.25, -0.2) is 0 Å². The van der Waals surface area contributed by atoms with E-state index in [1.54, 1.807) is 0 Å². The average Bonchev–Trinajstić information content (AvgIpc) is 1.91. The van der Waals surface area contributed by atoms with Gasteiger partial charge in [0, 0.05) is 26.2 Å². The maximum atomic E-state index is 3.36. The van der Waals surface area contributed by atoms with E-state index in [0.717, 1.165) is 0 Å². The first-order chi connectivity index (χ1) is 3.30. The van der Waals surface area contributed by atoms with Crippen LogP contribution in [0.25, 0.3) is 0 Å². The molecule has 0 aromatic carbocycles. The molecular formula is C6H8SbZr-. The van der Waals surface area contributed by atoms with Crippen LogP contribution in [-0.2, 0) is 26.2 Å². The molecule has 8 heavy (non-hydrogen) atoms. The van der Waals surface area contributed by atoms with Crippen LogP contribution < -0.4 is 0 Å². The zero-order valence-electron chi connectivity index (χ0n) is 5.08. The number of hydrogen-bond donors (Lipinski definition) is 0. The quantitative estimate of drug-likeness (QED) is 0.462. The van der Waals surface area contributed by atoms with Gasteiger partial charge in [0.15, 0.2) is 0 Å². The van der Waals surface area contributed by atoms with E-state index in [9.17, 15) is 0 Å². The molecule has 0 fully saturated rings. The van der Waals surface area contributed by atoms with Crippen molar-refractivity contribution in [3.05, 3.63) is 19.2 Å². The van der Waals surface area contributed by atoms with Gasteiger partial charge >= 0.3 is 54.7 Å². The molecule has 1 rings (SSSR count). The second-order valence-electron chi connectivity index (χ2n) is 1.72. The van der Waals surface area contributed by atoms with Gasteiger partial charge in [0.2, 0.25) is 0 Å². The summed E-state index contributed by atoms with van der Waals surface area (Å²) in [4.78, 5) is 0. The summed E-state index contributed by atoms with van der Waals surface area (Å²) in [6, 6.07) is 0. The van der Waals surface area contributed by atoms with Gasteiger partial charge in [-0.15, -0.1) is 0 Å². The van der Waals surface area contributed by atoms with Crippen molar-refractivity contribution in [1.29, 1.82) is 0 Å². The second-order valence-corrected chi connectivity index (χ2v) is 4.08. The van der Waals surface area contributed by atoms with Crippen molar-refractivity contribution >= 4 is 21.6 Å².